The molecule has 0 unspecified atom stereocenters. The van der Waals surface area contributed by atoms with E-state index in [1.54, 1.807) is 67.6 Å². The van der Waals surface area contributed by atoms with Gasteiger partial charge in [-0.25, -0.2) is 14.6 Å². The summed E-state index contributed by atoms with van der Waals surface area (Å²) in [4.78, 5) is 41.2. The predicted octanol–water partition coefficient (Wildman–Crippen LogP) is 6.31. The lowest BCUT2D eigenvalue weighted by Gasteiger charge is -2.09. The highest BCUT2D eigenvalue weighted by molar-refractivity contribution is 6.07. The standard InChI is InChI=1S/C28H23N3O5/c1-2-35-27(33)31-25-18-21(29-24-11-7-6-10-23(24)25)16-17-26(32)19-12-14-20(15-13-19)30-28(34)36-22-8-4-3-5-9-22/h3-18H,2H2,1H3,(H,30,34)(H,29,31,33). The van der Waals surface area contributed by atoms with Gasteiger partial charge in [0.05, 0.1) is 23.5 Å². The zero-order chi connectivity index (χ0) is 25.3. The molecule has 0 aliphatic heterocycles. The first-order valence-electron chi connectivity index (χ1n) is 11.2. The fourth-order valence-corrected chi connectivity index (χ4v) is 3.38. The molecule has 2 N–H and O–H groups in total. The Bertz CT molecular complexity index is 1420. The van der Waals surface area contributed by atoms with Crippen LogP contribution in [0.1, 0.15) is 23.0 Å². The van der Waals surface area contributed by atoms with Crippen LogP contribution in [0.2, 0.25) is 0 Å². The van der Waals surface area contributed by atoms with Gasteiger partial charge in [-0.1, -0.05) is 36.4 Å². The molecular formula is C28H23N3O5. The van der Waals surface area contributed by atoms with E-state index in [-0.39, 0.29) is 12.4 Å². The van der Waals surface area contributed by atoms with Crippen molar-refractivity contribution in [3.8, 4) is 5.75 Å². The number of ether oxygens (including phenoxy) is 2. The van der Waals surface area contributed by atoms with E-state index in [9.17, 15) is 14.4 Å². The van der Waals surface area contributed by atoms with E-state index in [0.29, 0.717) is 33.9 Å². The molecule has 0 saturated heterocycles. The second-order valence-electron chi connectivity index (χ2n) is 7.56. The van der Waals surface area contributed by atoms with Gasteiger partial charge in [-0.05, 0) is 67.6 Å². The van der Waals surface area contributed by atoms with Gasteiger partial charge in [-0.3, -0.25) is 15.4 Å². The third-order valence-corrected chi connectivity index (χ3v) is 5.02. The molecule has 4 aromatic rings. The first kappa shape index (κ1) is 24.2. The minimum atomic E-state index is -0.630. The van der Waals surface area contributed by atoms with Crippen molar-refractivity contribution in [2.45, 2.75) is 6.92 Å². The van der Waals surface area contributed by atoms with Crippen LogP contribution in [-0.2, 0) is 4.74 Å². The van der Waals surface area contributed by atoms with Crippen molar-refractivity contribution < 1.29 is 23.9 Å². The van der Waals surface area contributed by atoms with E-state index in [1.807, 2.05) is 30.3 Å². The van der Waals surface area contributed by atoms with Crippen LogP contribution >= 0.6 is 0 Å². The summed E-state index contributed by atoms with van der Waals surface area (Å²) in [6.07, 6.45) is 1.78. The normalized spacial score (nSPS) is 10.7. The molecule has 2 amide bonds. The number of hydrogen-bond acceptors (Lipinski definition) is 6. The molecule has 1 heterocycles. The van der Waals surface area contributed by atoms with Gasteiger partial charge in [0, 0.05) is 16.6 Å². The van der Waals surface area contributed by atoms with Crippen molar-refractivity contribution in [3.05, 3.63) is 102 Å². The third-order valence-electron chi connectivity index (χ3n) is 5.02. The van der Waals surface area contributed by atoms with Crippen LogP contribution in [0.25, 0.3) is 17.0 Å². The van der Waals surface area contributed by atoms with E-state index in [4.69, 9.17) is 9.47 Å². The lowest BCUT2D eigenvalue weighted by Crippen LogP contribution is -2.16. The smallest absolute Gasteiger partial charge is 0.417 e. The average Bonchev–Trinajstić information content (AvgIpc) is 2.88. The van der Waals surface area contributed by atoms with Crippen LogP contribution in [0.3, 0.4) is 0 Å². The zero-order valence-electron chi connectivity index (χ0n) is 19.4. The fourth-order valence-electron chi connectivity index (χ4n) is 3.38. The molecule has 0 radical (unpaired) electrons. The maximum atomic E-state index is 12.7. The highest BCUT2D eigenvalue weighted by Crippen LogP contribution is 2.24. The van der Waals surface area contributed by atoms with Crippen molar-refractivity contribution in [2.24, 2.45) is 0 Å². The number of rotatable bonds is 7. The van der Waals surface area contributed by atoms with Crippen molar-refractivity contribution >= 4 is 46.3 Å². The van der Waals surface area contributed by atoms with Gasteiger partial charge < -0.3 is 9.47 Å². The number of benzene rings is 3. The molecule has 36 heavy (non-hydrogen) atoms. The van der Waals surface area contributed by atoms with E-state index < -0.39 is 12.2 Å². The Balaban J connectivity index is 1.44. The van der Waals surface area contributed by atoms with Gasteiger partial charge in [0.1, 0.15) is 5.75 Å². The molecule has 0 atom stereocenters. The number of hydrogen-bond donors (Lipinski definition) is 2. The van der Waals surface area contributed by atoms with E-state index in [0.717, 1.165) is 5.39 Å². The number of nitrogens with zero attached hydrogens (tertiary/aromatic N) is 1. The summed E-state index contributed by atoms with van der Waals surface area (Å²) in [5.74, 6) is 0.179. The number of amides is 2. The molecule has 0 aliphatic rings. The van der Waals surface area contributed by atoms with Gasteiger partial charge >= 0.3 is 12.2 Å². The van der Waals surface area contributed by atoms with Crippen molar-refractivity contribution in [3.63, 3.8) is 0 Å². The maximum absolute atomic E-state index is 12.7. The van der Waals surface area contributed by atoms with Gasteiger partial charge in [0.25, 0.3) is 0 Å². The van der Waals surface area contributed by atoms with E-state index >= 15 is 0 Å². The third kappa shape index (κ3) is 6.32. The van der Waals surface area contributed by atoms with E-state index in [2.05, 4.69) is 15.6 Å². The summed E-state index contributed by atoms with van der Waals surface area (Å²) in [5, 5.41) is 6.09. The number of nitrogens with one attached hydrogen (secondary N) is 2. The van der Waals surface area contributed by atoms with Crippen LogP contribution in [0.15, 0.2) is 91.0 Å². The number of fused-ring (bicyclic) bond motifs is 1. The molecule has 3 aromatic carbocycles. The number of ketones is 1. The first-order chi connectivity index (χ1) is 17.5. The molecule has 8 heteroatoms. The van der Waals surface area contributed by atoms with Crippen molar-refractivity contribution in [1.29, 1.82) is 0 Å². The quantitative estimate of drug-likeness (QED) is 0.237. The fraction of sp³-hybridized carbons (Fsp3) is 0.0714. The SMILES string of the molecule is CCOC(=O)Nc1cc(C=CC(=O)c2ccc(NC(=O)Oc3ccccc3)cc2)nc2ccccc12. The molecule has 0 spiro atoms. The molecule has 0 bridgehead atoms. The van der Waals surface area contributed by atoms with Gasteiger partial charge in [0.2, 0.25) is 0 Å². The lowest BCUT2D eigenvalue weighted by molar-refractivity contribution is 0.104. The lowest BCUT2D eigenvalue weighted by atomic mass is 10.1. The summed E-state index contributed by atoms with van der Waals surface area (Å²) in [6, 6.07) is 24.2. The van der Waals surface area contributed by atoms with Crippen LogP contribution in [0, 0.1) is 0 Å². The largest absolute Gasteiger partial charge is 0.450 e. The second-order valence-corrected chi connectivity index (χ2v) is 7.56. The molecule has 180 valence electrons. The number of aromatic nitrogens is 1. The summed E-state index contributed by atoms with van der Waals surface area (Å²) in [6.45, 7) is 1.97. The van der Waals surface area contributed by atoms with Gasteiger partial charge in [-0.2, -0.15) is 0 Å². The second kappa shape index (κ2) is 11.4. The Kier molecular flexibility index (Phi) is 7.67. The summed E-state index contributed by atoms with van der Waals surface area (Å²) < 4.78 is 10.2. The Labute approximate surface area is 207 Å². The summed E-state index contributed by atoms with van der Waals surface area (Å²) >= 11 is 0. The Morgan fingerprint density at radius 3 is 2.33 bits per heavy atom. The van der Waals surface area contributed by atoms with Crippen molar-refractivity contribution in [1.82, 2.24) is 4.98 Å². The van der Waals surface area contributed by atoms with Crippen LogP contribution in [0.5, 0.6) is 5.75 Å². The molecule has 8 nitrogen and oxygen atoms in total. The van der Waals surface area contributed by atoms with Gasteiger partial charge in [-0.15, -0.1) is 0 Å². The topological polar surface area (TPSA) is 107 Å². The Morgan fingerprint density at radius 1 is 0.861 bits per heavy atom. The zero-order valence-corrected chi connectivity index (χ0v) is 19.4. The van der Waals surface area contributed by atoms with Gasteiger partial charge in [0.15, 0.2) is 5.78 Å². The molecule has 0 aliphatic carbocycles. The van der Waals surface area contributed by atoms with Crippen molar-refractivity contribution in [2.75, 3.05) is 17.2 Å². The number of allylic oxidation sites excluding steroid dienone is 1. The van der Waals surface area contributed by atoms with Crippen LogP contribution in [-0.4, -0.2) is 29.6 Å². The molecule has 0 saturated carbocycles. The molecule has 1 aromatic heterocycles. The maximum Gasteiger partial charge on any atom is 0.417 e. The Hall–Kier alpha value is -4.98. The summed E-state index contributed by atoms with van der Waals surface area (Å²) in [7, 11) is 0. The number of anilines is 2. The highest BCUT2D eigenvalue weighted by Gasteiger charge is 2.10. The monoisotopic (exact) mass is 481 g/mol. The molecule has 0 fully saturated rings. The first-order valence-corrected chi connectivity index (χ1v) is 11.2. The average molecular weight is 482 g/mol. The minimum absolute atomic E-state index is 0.247. The number of carbonyl (C=O) groups excluding carboxylic acids is 3. The van der Waals surface area contributed by atoms with Crippen LogP contribution in [0.4, 0.5) is 21.0 Å². The summed E-state index contributed by atoms with van der Waals surface area (Å²) in [5.41, 5.74) is 2.61. The Morgan fingerprint density at radius 2 is 1.58 bits per heavy atom. The van der Waals surface area contributed by atoms with Crippen LogP contribution < -0.4 is 15.4 Å². The number of pyridine rings is 1. The number of para-hydroxylation sites is 2. The molecule has 4 rings (SSSR count). The minimum Gasteiger partial charge on any atom is -0.450 e. The number of carbonyl (C=O) groups is 3. The predicted molar refractivity (Wildman–Crippen MR) is 138 cm³/mol. The van der Waals surface area contributed by atoms with E-state index in [1.165, 1.54) is 6.08 Å². The molecular weight excluding hydrogens is 458 g/mol. The highest BCUT2D eigenvalue weighted by atomic mass is 16.6.